The van der Waals surface area contributed by atoms with Crippen molar-refractivity contribution in [2.24, 2.45) is 0 Å². The topological polar surface area (TPSA) is 76.0 Å². The van der Waals surface area contributed by atoms with Crippen LogP contribution in [-0.4, -0.2) is 49.2 Å². The van der Waals surface area contributed by atoms with E-state index in [4.69, 9.17) is 19.7 Å². The maximum atomic E-state index is 11.4. The maximum Gasteiger partial charge on any atom is 0.338 e. The largest absolute Gasteiger partial charge is 0.462 e. The van der Waals surface area contributed by atoms with Crippen LogP contribution < -0.4 is 0 Å². The number of rotatable bonds is 8. The normalized spacial score (nSPS) is 7.75. The molecule has 188 valence electrons. The van der Waals surface area contributed by atoms with Gasteiger partial charge in [0.05, 0.1) is 25.4 Å². The van der Waals surface area contributed by atoms with E-state index in [2.05, 4.69) is 26.7 Å². The van der Waals surface area contributed by atoms with Crippen LogP contribution in [0.5, 0.6) is 0 Å². The molecule has 0 atom stereocenters. The van der Waals surface area contributed by atoms with E-state index in [9.17, 15) is 4.79 Å². The minimum atomic E-state index is -0.221. The fourth-order valence-corrected chi connectivity index (χ4v) is 1.38. The van der Waals surface area contributed by atoms with E-state index in [0.717, 1.165) is 32.5 Å². The summed E-state index contributed by atoms with van der Waals surface area (Å²) in [6, 6.07) is 9.09. The van der Waals surface area contributed by atoms with Gasteiger partial charge in [-0.2, -0.15) is 0 Å². The molecule has 0 bridgehead atoms. The van der Waals surface area contributed by atoms with Crippen LogP contribution in [0.25, 0.3) is 0 Å². The Morgan fingerprint density at radius 3 is 1.53 bits per heavy atom. The molecule has 2 N–H and O–H groups in total. The van der Waals surface area contributed by atoms with Crippen molar-refractivity contribution in [2.75, 3.05) is 33.0 Å². The lowest BCUT2D eigenvalue weighted by atomic mass is 10.2. The summed E-state index contributed by atoms with van der Waals surface area (Å²) >= 11 is 0. The second kappa shape index (κ2) is 46.8. The average molecular weight is 455 g/mol. The van der Waals surface area contributed by atoms with Gasteiger partial charge in [0.2, 0.25) is 0 Å². The first-order chi connectivity index (χ1) is 15.4. The SMILES string of the molecule is C=CC.C=CC.C=CC.CCCCCOC(=O)c1ccccc1.CCOCC.OCCO. The first kappa shape index (κ1) is 40.2. The second-order valence-corrected chi connectivity index (χ2v) is 5.66. The molecular formula is C27H50O5. The molecule has 0 saturated heterocycles. The molecule has 32 heavy (non-hydrogen) atoms. The Hall–Kier alpha value is -2.21. The van der Waals surface area contributed by atoms with Crippen LogP contribution in [0.4, 0.5) is 0 Å². The predicted octanol–water partition coefficient (Wildman–Crippen LogP) is 6.62. The highest BCUT2D eigenvalue weighted by molar-refractivity contribution is 5.89. The van der Waals surface area contributed by atoms with Crippen molar-refractivity contribution >= 4 is 5.97 Å². The van der Waals surface area contributed by atoms with Crippen LogP contribution in [0.15, 0.2) is 68.3 Å². The van der Waals surface area contributed by atoms with Gasteiger partial charge in [-0.05, 0) is 53.2 Å². The maximum absolute atomic E-state index is 11.4. The Balaban J connectivity index is -0.000000112. The molecule has 0 aromatic heterocycles. The molecule has 0 heterocycles. The zero-order valence-corrected chi connectivity index (χ0v) is 21.5. The molecule has 0 aliphatic heterocycles. The van der Waals surface area contributed by atoms with Gasteiger partial charge in [0, 0.05) is 13.2 Å². The fraction of sp³-hybridized carbons (Fsp3) is 0.519. The Morgan fingerprint density at radius 1 is 0.844 bits per heavy atom. The summed E-state index contributed by atoms with van der Waals surface area (Å²) in [6.07, 6.45) is 8.46. The molecule has 5 nitrogen and oxygen atoms in total. The summed E-state index contributed by atoms with van der Waals surface area (Å²) in [5, 5.41) is 15.2. The van der Waals surface area contributed by atoms with Crippen LogP contribution >= 0.6 is 0 Å². The summed E-state index contributed by atoms with van der Waals surface area (Å²) in [7, 11) is 0. The number of aliphatic hydroxyl groups is 2. The standard InChI is InChI=1S/C12H16O2.C4H10O.3C3H6.C2H6O2/c1-2-3-7-10-14-12(13)11-8-5-4-6-9-11;1-3-5-4-2;3*1-3-2;3-1-2-4/h4-6,8-9H,2-3,7,10H2,1H3;3-4H2,1-2H3;3*3H,1H2,2H3;3-4H,1-2H2. The van der Waals surface area contributed by atoms with E-state index in [1.54, 1.807) is 30.4 Å². The molecule has 0 unspecified atom stereocenters. The van der Waals surface area contributed by atoms with Crippen LogP contribution in [0, 0.1) is 0 Å². The van der Waals surface area contributed by atoms with E-state index in [0.29, 0.717) is 12.2 Å². The summed E-state index contributed by atoms with van der Waals surface area (Å²) in [5.74, 6) is -0.221. The van der Waals surface area contributed by atoms with E-state index in [-0.39, 0.29) is 19.2 Å². The van der Waals surface area contributed by atoms with Crippen molar-refractivity contribution in [1.29, 1.82) is 0 Å². The number of carbonyl (C=O) groups excluding carboxylic acids is 1. The van der Waals surface area contributed by atoms with Crippen LogP contribution in [0.1, 0.15) is 71.2 Å². The zero-order valence-electron chi connectivity index (χ0n) is 21.5. The molecule has 0 amide bonds. The zero-order chi connectivity index (χ0) is 25.9. The molecule has 1 rings (SSSR count). The highest BCUT2D eigenvalue weighted by atomic mass is 16.5. The molecule has 0 spiro atoms. The number of benzene rings is 1. The molecular weight excluding hydrogens is 404 g/mol. The van der Waals surface area contributed by atoms with Crippen LogP contribution in [0.3, 0.4) is 0 Å². The summed E-state index contributed by atoms with van der Waals surface area (Å²) in [4.78, 5) is 11.4. The van der Waals surface area contributed by atoms with Gasteiger partial charge < -0.3 is 19.7 Å². The number of unbranched alkanes of at least 4 members (excludes halogenated alkanes) is 2. The van der Waals surface area contributed by atoms with Crippen LogP contribution in [-0.2, 0) is 9.47 Å². The third-order valence-corrected chi connectivity index (χ3v) is 2.50. The molecule has 1 aromatic carbocycles. The van der Waals surface area contributed by atoms with Gasteiger partial charge in [-0.3, -0.25) is 0 Å². The molecule has 1 aromatic rings. The van der Waals surface area contributed by atoms with E-state index >= 15 is 0 Å². The Labute approximate surface area is 198 Å². The number of ether oxygens (including phenoxy) is 2. The van der Waals surface area contributed by atoms with Crippen molar-refractivity contribution in [1.82, 2.24) is 0 Å². The molecule has 0 saturated carbocycles. The fourth-order valence-electron chi connectivity index (χ4n) is 1.38. The van der Waals surface area contributed by atoms with Gasteiger partial charge in [0.25, 0.3) is 0 Å². The summed E-state index contributed by atoms with van der Waals surface area (Å²) in [6.45, 7) is 23.8. The predicted molar refractivity (Wildman–Crippen MR) is 140 cm³/mol. The number of hydrogen-bond donors (Lipinski definition) is 2. The number of allylic oxidation sites excluding steroid dienone is 3. The number of esters is 1. The second-order valence-electron chi connectivity index (χ2n) is 5.66. The van der Waals surface area contributed by atoms with Crippen molar-refractivity contribution in [2.45, 2.75) is 60.8 Å². The third-order valence-electron chi connectivity index (χ3n) is 2.50. The van der Waals surface area contributed by atoms with Gasteiger partial charge in [-0.1, -0.05) is 56.2 Å². The Bertz CT molecular complexity index is 440. The molecule has 5 heteroatoms. The van der Waals surface area contributed by atoms with E-state index in [1.807, 2.05) is 52.8 Å². The average Bonchev–Trinajstić information content (AvgIpc) is 2.80. The highest BCUT2D eigenvalue weighted by Crippen LogP contribution is 2.02. The van der Waals surface area contributed by atoms with Crippen LogP contribution in [0.2, 0.25) is 0 Å². The smallest absolute Gasteiger partial charge is 0.338 e. The van der Waals surface area contributed by atoms with Gasteiger partial charge in [-0.15, -0.1) is 19.7 Å². The minimum absolute atomic E-state index is 0.125. The van der Waals surface area contributed by atoms with Crippen molar-refractivity contribution < 1.29 is 24.5 Å². The Morgan fingerprint density at radius 2 is 1.25 bits per heavy atom. The number of carbonyl (C=O) groups is 1. The first-order valence-corrected chi connectivity index (χ1v) is 11.1. The van der Waals surface area contributed by atoms with Crippen molar-refractivity contribution in [3.8, 4) is 0 Å². The number of aliphatic hydroxyl groups excluding tert-OH is 2. The molecule has 0 aliphatic carbocycles. The Kier molecular flexibility index (Phi) is 58.8. The lowest BCUT2D eigenvalue weighted by Gasteiger charge is -2.03. The third kappa shape index (κ3) is 56.5. The van der Waals surface area contributed by atoms with Gasteiger partial charge in [0.1, 0.15) is 0 Å². The molecule has 0 aliphatic rings. The number of hydrogen-bond acceptors (Lipinski definition) is 5. The lowest BCUT2D eigenvalue weighted by Crippen LogP contribution is -2.05. The molecule has 0 radical (unpaired) electrons. The van der Waals surface area contributed by atoms with Gasteiger partial charge >= 0.3 is 5.97 Å². The molecule has 0 fully saturated rings. The van der Waals surface area contributed by atoms with Gasteiger partial charge in [0.15, 0.2) is 0 Å². The minimum Gasteiger partial charge on any atom is -0.462 e. The van der Waals surface area contributed by atoms with Gasteiger partial charge in [-0.25, -0.2) is 4.79 Å². The van der Waals surface area contributed by atoms with Crippen molar-refractivity contribution in [3.63, 3.8) is 0 Å². The highest BCUT2D eigenvalue weighted by Gasteiger charge is 2.04. The quantitative estimate of drug-likeness (QED) is 0.262. The first-order valence-electron chi connectivity index (χ1n) is 11.1. The monoisotopic (exact) mass is 454 g/mol. The summed E-state index contributed by atoms with van der Waals surface area (Å²) < 4.78 is 9.92. The lowest BCUT2D eigenvalue weighted by molar-refractivity contribution is 0.0498. The summed E-state index contributed by atoms with van der Waals surface area (Å²) in [5.41, 5.74) is 0.629. The van der Waals surface area contributed by atoms with E-state index < -0.39 is 0 Å². The van der Waals surface area contributed by atoms with E-state index in [1.165, 1.54) is 0 Å². The van der Waals surface area contributed by atoms with Crippen molar-refractivity contribution in [3.05, 3.63) is 73.9 Å².